The van der Waals surface area contributed by atoms with E-state index in [1.165, 1.54) is 6.20 Å². The van der Waals surface area contributed by atoms with E-state index >= 15 is 0 Å². The average molecular weight is 317 g/mol. The van der Waals surface area contributed by atoms with Gasteiger partial charge in [0.15, 0.2) is 0 Å². The molecule has 0 radical (unpaired) electrons. The van der Waals surface area contributed by atoms with Gasteiger partial charge in [0.05, 0.1) is 6.10 Å². The third-order valence-corrected chi connectivity index (χ3v) is 3.97. The summed E-state index contributed by atoms with van der Waals surface area (Å²) in [6.07, 6.45) is -2.73. The zero-order chi connectivity index (χ0) is 16.3. The van der Waals surface area contributed by atoms with Crippen LogP contribution < -0.4 is 4.90 Å². The van der Waals surface area contributed by atoms with Crippen LogP contribution in [0, 0.1) is 0 Å². The number of halogens is 3. The second kappa shape index (κ2) is 6.83. The van der Waals surface area contributed by atoms with Crippen LogP contribution in [0.5, 0.6) is 0 Å². The molecule has 0 aromatic carbocycles. The predicted molar refractivity (Wildman–Crippen MR) is 78.8 cm³/mol. The van der Waals surface area contributed by atoms with Crippen molar-refractivity contribution in [3.05, 3.63) is 24.0 Å². The predicted octanol–water partition coefficient (Wildman–Crippen LogP) is 2.38. The summed E-state index contributed by atoms with van der Waals surface area (Å²) >= 11 is 0. The standard InChI is InChI=1S/C15H22F3N3O/c1-3-12-10-21(7-6-20(12)9-11(2)22)13-4-5-19-14(8-13)15(16,17)18/h4-5,8,11-12,22H,3,6-7,9-10H2,1-2H3/t11-,12-/m1/s1. The van der Waals surface area contributed by atoms with Gasteiger partial charge in [0.1, 0.15) is 5.69 Å². The van der Waals surface area contributed by atoms with Gasteiger partial charge in [-0.05, 0) is 25.5 Å². The van der Waals surface area contributed by atoms with Crippen molar-refractivity contribution in [3.63, 3.8) is 0 Å². The quantitative estimate of drug-likeness (QED) is 0.925. The highest BCUT2D eigenvalue weighted by atomic mass is 19.4. The third kappa shape index (κ3) is 4.10. The Bertz CT molecular complexity index is 493. The molecule has 4 nitrogen and oxygen atoms in total. The minimum atomic E-state index is -4.42. The van der Waals surface area contributed by atoms with E-state index < -0.39 is 18.0 Å². The number of pyridine rings is 1. The molecule has 0 unspecified atom stereocenters. The molecule has 1 fully saturated rings. The minimum absolute atomic E-state index is 0.228. The number of rotatable bonds is 4. The lowest BCUT2D eigenvalue weighted by Gasteiger charge is -2.42. The van der Waals surface area contributed by atoms with Crippen molar-refractivity contribution in [2.45, 2.75) is 38.6 Å². The van der Waals surface area contributed by atoms with Crippen molar-refractivity contribution in [2.24, 2.45) is 0 Å². The van der Waals surface area contributed by atoms with Gasteiger partial charge in [-0.2, -0.15) is 13.2 Å². The van der Waals surface area contributed by atoms with Crippen LogP contribution in [0.2, 0.25) is 0 Å². The highest BCUT2D eigenvalue weighted by Crippen LogP contribution is 2.30. The number of nitrogens with zero attached hydrogens (tertiary/aromatic N) is 3. The summed E-state index contributed by atoms with van der Waals surface area (Å²) in [4.78, 5) is 7.57. The first-order chi connectivity index (χ1) is 10.3. The molecule has 2 atom stereocenters. The SMILES string of the molecule is CC[C@@H]1CN(c2ccnc(C(F)(F)F)c2)CCN1C[C@@H](C)O. The van der Waals surface area contributed by atoms with E-state index in [1.54, 1.807) is 13.0 Å². The number of aliphatic hydroxyl groups excluding tert-OH is 1. The number of alkyl halides is 3. The molecule has 1 aromatic rings. The monoisotopic (exact) mass is 317 g/mol. The maximum atomic E-state index is 12.8. The molecular formula is C15H22F3N3O. The summed E-state index contributed by atoms with van der Waals surface area (Å²) < 4.78 is 38.3. The molecule has 2 heterocycles. The van der Waals surface area contributed by atoms with Crippen LogP contribution >= 0.6 is 0 Å². The lowest BCUT2D eigenvalue weighted by Crippen LogP contribution is -2.54. The number of β-amino-alcohol motifs (C(OH)–C–C–N with tert-alkyl or cyclic N) is 1. The maximum absolute atomic E-state index is 12.8. The summed E-state index contributed by atoms with van der Waals surface area (Å²) in [6.45, 7) is 6.42. The molecule has 1 aliphatic rings. The van der Waals surface area contributed by atoms with Crippen LogP contribution in [-0.4, -0.2) is 53.3 Å². The molecule has 2 rings (SSSR count). The van der Waals surface area contributed by atoms with Crippen LogP contribution in [-0.2, 0) is 6.18 Å². The Kier molecular flexibility index (Phi) is 5.28. The van der Waals surface area contributed by atoms with Crippen LogP contribution in [0.4, 0.5) is 18.9 Å². The highest BCUT2D eigenvalue weighted by Gasteiger charge is 2.33. The number of piperazine rings is 1. The van der Waals surface area contributed by atoms with Gasteiger partial charge in [0.2, 0.25) is 0 Å². The molecular weight excluding hydrogens is 295 g/mol. The van der Waals surface area contributed by atoms with Crippen molar-refractivity contribution < 1.29 is 18.3 Å². The van der Waals surface area contributed by atoms with Gasteiger partial charge >= 0.3 is 6.18 Å². The molecule has 0 aliphatic carbocycles. The number of hydrogen-bond donors (Lipinski definition) is 1. The fraction of sp³-hybridized carbons (Fsp3) is 0.667. The number of hydrogen-bond acceptors (Lipinski definition) is 4. The van der Waals surface area contributed by atoms with Crippen molar-refractivity contribution in [2.75, 3.05) is 31.1 Å². The number of anilines is 1. The van der Waals surface area contributed by atoms with Gasteiger partial charge < -0.3 is 10.0 Å². The largest absolute Gasteiger partial charge is 0.433 e. The molecule has 22 heavy (non-hydrogen) atoms. The minimum Gasteiger partial charge on any atom is -0.392 e. The van der Waals surface area contributed by atoms with Crippen molar-refractivity contribution in [1.29, 1.82) is 0 Å². The molecule has 0 amide bonds. The molecule has 1 aromatic heterocycles. The fourth-order valence-corrected chi connectivity index (χ4v) is 2.87. The van der Waals surface area contributed by atoms with Crippen LogP contribution in [0.25, 0.3) is 0 Å². The first kappa shape index (κ1) is 17.0. The van der Waals surface area contributed by atoms with Gasteiger partial charge in [-0.15, -0.1) is 0 Å². The Morgan fingerprint density at radius 1 is 1.41 bits per heavy atom. The molecule has 1 N–H and O–H groups in total. The smallest absolute Gasteiger partial charge is 0.392 e. The van der Waals surface area contributed by atoms with E-state index in [2.05, 4.69) is 16.8 Å². The summed E-state index contributed by atoms with van der Waals surface area (Å²) in [6, 6.07) is 2.95. The van der Waals surface area contributed by atoms with E-state index in [-0.39, 0.29) is 6.04 Å². The molecule has 0 spiro atoms. The molecule has 1 saturated heterocycles. The van der Waals surface area contributed by atoms with Crippen molar-refractivity contribution >= 4 is 5.69 Å². The summed E-state index contributed by atoms with van der Waals surface area (Å²) in [5, 5.41) is 9.54. The van der Waals surface area contributed by atoms with Gasteiger partial charge in [-0.25, -0.2) is 0 Å². The van der Waals surface area contributed by atoms with Gasteiger partial charge in [-0.1, -0.05) is 6.92 Å². The van der Waals surface area contributed by atoms with Gasteiger partial charge in [-0.3, -0.25) is 9.88 Å². The summed E-state index contributed by atoms with van der Waals surface area (Å²) in [5.41, 5.74) is -0.304. The lowest BCUT2D eigenvalue weighted by atomic mass is 10.1. The highest BCUT2D eigenvalue weighted by molar-refractivity contribution is 5.47. The van der Waals surface area contributed by atoms with Crippen LogP contribution in [0.15, 0.2) is 18.3 Å². The first-order valence-corrected chi connectivity index (χ1v) is 7.51. The first-order valence-electron chi connectivity index (χ1n) is 7.51. The molecule has 124 valence electrons. The van der Waals surface area contributed by atoms with Crippen molar-refractivity contribution in [3.8, 4) is 0 Å². The maximum Gasteiger partial charge on any atom is 0.433 e. The summed E-state index contributed by atoms with van der Waals surface area (Å²) in [5.74, 6) is 0. The fourth-order valence-electron chi connectivity index (χ4n) is 2.87. The topological polar surface area (TPSA) is 39.6 Å². The van der Waals surface area contributed by atoms with Gasteiger partial charge in [0.25, 0.3) is 0 Å². The van der Waals surface area contributed by atoms with E-state index in [0.717, 1.165) is 19.0 Å². The van der Waals surface area contributed by atoms with Crippen molar-refractivity contribution in [1.82, 2.24) is 9.88 Å². The lowest BCUT2D eigenvalue weighted by molar-refractivity contribution is -0.141. The van der Waals surface area contributed by atoms with E-state index in [9.17, 15) is 18.3 Å². The normalized spacial score (nSPS) is 21.9. The summed E-state index contributed by atoms with van der Waals surface area (Å²) in [7, 11) is 0. The number of aromatic nitrogens is 1. The Balaban J connectivity index is 2.11. The van der Waals surface area contributed by atoms with E-state index in [1.807, 2.05) is 4.90 Å². The molecule has 7 heteroatoms. The van der Waals surface area contributed by atoms with E-state index in [0.29, 0.717) is 25.3 Å². The Hall–Kier alpha value is -1.34. The van der Waals surface area contributed by atoms with Crippen LogP contribution in [0.3, 0.4) is 0 Å². The Labute approximate surface area is 128 Å². The number of aliphatic hydroxyl groups is 1. The second-order valence-corrected chi connectivity index (χ2v) is 5.75. The second-order valence-electron chi connectivity index (χ2n) is 5.75. The molecule has 1 aliphatic heterocycles. The van der Waals surface area contributed by atoms with Gasteiger partial charge in [0, 0.05) is 44.1 Å². The average Bonchev–Trinajstić information content (AvgIpc) is 2.46. The van der Waals surface area contributed by atoms with Crippen LogP contribution in [0.1, 0.15) is 26.0 Å². The zero-order valence-electron chi connectivity index (χ0n) is 12.8. The Morgan fingerprint density at radius 3 is 2.73 bits per heavy atom. The Morgan fingerprint density at radius 2 is 2.14 bits per heavy atom. The molecule has 0 saturated carbocycles. The molecule has 0 bridgehead atoms. The zero-order valence-corrected chi connectivity index (χ0v) is 12.8. The van der Waals surface area contributed by atoms with E-state index in [4.69, 9.17) is 0 Å². The third-order valence-electron chi connectivity index (χ3n) is 3.97.